The van der Waals surface area contributed by atoms with Crippen molar-refractivity contribution in [3.05, 3.63) is 23.5 Å². The summed E-state index contributed by atoms with van der Waals surface area (Å²) in [6.07, 6.45) is -2.36. The van der Waals surface area contributed by atoms with Gasteiger partial charge in [0.25, 0.3) is 0 Å². The standard InChI is InChI=1S/C11H10F3N3O3S/c1-10(8(19)20,11(12,13)14)16-7(18)4-6-5-17-2-3-21-9(17)15-6/h2-3,5H,4H2,1H3,(H,16,18)(H,19,20). The normalized spacial score (nSPS) is 14.9. The molecule has 0 aliphatic heterocycles. The number of aliphatic carboxylic acids is 1. The molecule has 21 heavy (non-hydrogen) atoms. The van der Waals surface area contributed by atoms with Crippen LogP contribution < -0.4 is 5.32 Å². The lowest BCUT2D eigenvalue weighted by molar-refractivity contribution is -0.206. The summed E-state index contributed by atoms with van der Waals surface area (Å²) in [6.45, 7) is 0.402. The van der Waals surface area contributed by atoms with E-state index < -0.39 is 30.0 Å². The minimum Gasteiger partial charge on any atom is -0.479 e. The Morgan fingerprint density at radius 1 is 1.48 bits per heavy atom. The van der Waals surface area contributed by atoms with Crippen LogP contribution in [0.25, 0.3) is 4.96 Å². The molecule has 2 rings (SSSR count). The fourth-order valence-corrected chi connectivity index (χ4v) is 2.31. The second-order valence-electron chi connectivity index (χ2n) is 4.48. The monoisotopic (exact) mass is 321 g/mol. The number of amides is 1. The van der Waals surface area contributed by atoms with Crippen LogP contribution in [0, 0.1) is 0 Å². The zero-order chi connectivity index (χ0) is 15.8. The summed E-state index contributed by atoms with van der Waals surface area (Å²) in [7, 11) is 0. The van der Waals surface area contributed by atoms with Gasteiger partial charge in [0.1, 0.15) is 0 Å². The van der Waals surface area contributed by atoms with Crippen LogP contribution in [-0.4, -0.2) is 38.1 Å². The van der Waals surface area contributed by atoms with E-state index in [1.165, 1.54) is 22.9 Å². The average molecular weight is 321 g/mol. The van der Waals surface area contributed by atoms with Crippen LogP contribution in [0.15, 0.2) is 17.8 Å². The van der Waals surface area contributed by atoms with Crippen molar-refractivity contribution in [1.29, 1.82) is 0 Å². The molecule has 114 valence electrons. The smallest absolute Gasteiger partial charge is 0.422 e. The molecule has 6 nitrogen and oxygen atoms in total. The number of nitrogens with one attached hydrogen (secondary N) is 1. The fraction of sp³-hybridized carbons (Fsp3) is 0.364. The van der Waals surface area contributed by atoms with Gasteiger partial charge >= 0.3 is 12.1 Å². The van der Waals surface area contributed by atoms with Gasteiger partial charge < -0.3 is 10.4 Å². The van der Waals surface area contributed by atoms with E-state index >= 15 is 0 Å². The highest BCUT2D eigenvalue weighted by atomic mass is 32.1. The molecule has 0 aliphatic rings. The van der Waals surface area contributed by atoms with E-state index in [1.54, 1.807) is 16.0 Å². The van der Waals surface area contributed by atoms with Gasteiger partial charge in [0.2, 0.25) is 11.4 Å². The third-order valence-electron chi connectivity index (χ3n) is 2.87. The number of aromatic nitrogens is 2. The van der Waals surface area contributed by atoms with Gasteiger partial charge in [-0.2, -0.15) is 13.2 Å². The van der Waals surface area contributed by atoms with E-state index in [-0.39, 0.29) is 5.69 Å². The van der Waals surface area contributed by atoms with Crippen molar-refractivity contribution < 1.29 is 27.9 Å². The quantitative estimate of drug-likeness (QED) is 0.893. The highest BCUT2D eigenvalue weighted by Gasteiger charge is 2.58. The third kappa shape index (κ3) is 2.84. The molecule has 0 spiro atoms. The average Bonchev–Trinajstić information content (AvgIpc) is 2.87. The molecule has 0 bridgehead atoms. The van der Waals surface area contributed by atoms with Gasteiger partial charge in [0.05, 0.1) is 12.1 Å². The van der Waals surface area contributed by atoms with E-state index in [4.69, 9.17) is 5.11 Å². The molecule has 0 fully saturated rings. The van der Waals surface area contributed by atoms with Crippen molar-refractivity contribution in [2.45, 2.75) is 25.1 Å². The van der Waals surface area contributed by atoms with Crippen molar-refractivity contribution in [1.82, 2.24) is 14.7 Å². The lowest BCUT2D eigenvalue weighted by Crippen LogP contribution is -2.62. The minimum atomic E-state index is -5.11. The number of rotatable bonds is 4. The first-order chi connectivity index (χ1) is 9.63. The Labute approximate surface area is 120 Å². The van der Waals surface area contributed by atoms with Crippen molar-refractivity contribution in [2.24, 2.45) is 0 Å². The lowest BCUT2D eigenvalue weighted by atomic mass is 10.0. The fourth-order valence-electron chi connectivity index (χ4n) is 1.59. The zero-order valence-electron chi connectivity index (χ0n) is 10.6. The summed E-state index contributed by atoms with van der Waals surface area (Å²) >= 11 is 1.30. The Bertz CT molecular complexity index is 665. The predicted octanol–water partition coefficient (Wildman–Crippen LogP) is 1.46. The molecule has 0 aliphatic carbocycles. The van der Waals surface area contributed by atoms with Crippen molar-refractivity contribution in [2.75, 3.05) is 0 Å². The van der Waals surface area contributed by atoms with Crippen LogP contribution in [0.4, 0.5) is 13.2 Å². The number of hydrogen-bond donors (Lipinski definition) is 2. The Morgan fingerprint density at radius 2 is 2.14 bits per heavy atom. The topological polar surface area (TPSA) is 83.7 Å². The highest BCUT2D eigenvalue weighted by Crippen LogP contribution is 2.30. The number of carbonyl (C=O) groups excluding carboxylic acids is 1. The number of thiazole rings is 1. The second-order valence-corrected chi connectivity index (χ2v) is 5.35. The van der Waals surface area contributed by atoms with Crippen molar-refractivity contribution in [3.63, 3.8) is 0 Å². The van der Waals surface area contributed by atoms with Gasteiger partial charge in [-0.15, -0.1) is 11.3 Å². The molecule has 2 aromatic rings. The first-order valence-corrected chi connectivity index (χ1v) is 6.53. The molecule has 2 aromatic heterocycles. The maximum atomic E-state index is 12.8. The molecule has 0 radical (unpaired) electrons. The molecule has 2 heterocycles. The van der Waals surface area contributed by atoms with Crippen LogP contribution >= 0.6 is 11.3 Å². The van der Waals surface area contributed by atoms with Crippen LogP contribution in [0.5, 0.6) is 0 Å². The zero-order valence-corrected chi connectivity index (χ0v) is 11.5. The molecular weight excluding hydrogens is 311 g/mol. The number of nitrogens with zero attached hydrogens (tertiary/aromatic N) is 2. The van der Waals surface area contributed by atoms with E-state index in [0.717, 1.165) is 0 Å². The number of imidazole rings is 1. The number of halogens is 3. The number of alkyl halides is 3. The SMILES string of the molecule is CC(NC(=O)Cc1cn2ccsc2n1)(C(=O)O)C(F)(F)F. The van der Waals surface area contributed by atoms with Crippen molar-refractivity contribution in [3.8, 4) is 0 Å². The first kappa shape index (κ1) is 15.3. The van der Waals surface area contributed by atoms with E-state index in [1.807, 2.05) is 0 Å². The number of fused-ring (bicyclic) bond motifs is 1. The van der Waals surface area contributed by atoms with Gasteiger partial charge in [-0.3, -0.25) is 9.20 Å². The Kier molecular flexibility index (Phi) is 3.66. The Balaban J connectivity index is 2.13. The summed E-state index contributed by atoms with van der Waals surface area (Å²) in [6, 6.07) is 0. The van der Waals surface area contributed by atoms with E-state index in [2.05, 4.69) is 4.98 Å². The van der Waals surface area contributed by atoms with E-state index in [0.29, 0.717) is 11.9 Å². The summed E-state index contributed by atoms with van der Waals surface area (Å²) in [4.78, 5) is 27.1. The van der Waals surface area contributed by atoms with Gasteiger partial charge in [0.15, 0.2) is 4.96 Å². The predicted molar refractivity (Wildman–Crippen MR) is 67.0 cm³/mol. The molecule has 0 saturated heterocycles. The van der Waals surface area contributed by atoms with Gasteiger partial charge in [-0.05, 0) is 6.92 Å². The van der Waals surface area contributed by atoms with E-state index in [9.17, 15) is 22.8 Å². The van der Waals surface area contributed by atoms with Crippen LogP contribution in [-0.2, 0) is 16.0 Å². The third-order valence-corrected chi connectivity index (χ3v) is 3.64. The molecular formula is C11H10F3N3O3S. The highest BCUT2D eigenvalue weighted by molar-refractivity contribution is 7.15. The Morgan fingerprint density at radius 3 is 2.67 bits per heavy atom. The number of carbonyl (C=O) groups is 2. The first-order valence-electron chi connectivity index (χ1n) is 5.65. The largest absolute Gasteiger partial charge is 0.479 e. The molecule has 2 N–H and O–H groups in total. The van der Waals surface area contributed by atoms with Gasteiger partial charge in [0, 0.05) is 17.8 Å². The number of carboxylic acids is 1. The minimum absolute atomic E-state index is 0.259. The summed E-state index contributed by atoms with van der Waals surface area (Å²) in [5.41, 5.74) is -3.07. The molecule has 0 aromatic carbocycles. The molecule has 0 saturated carbocycles. The molecule has 1 unspecified atom stereocenters. The van der Waals surface area contributed by atoms with Crippen LogP contribution in [0.1, 0.15) is 12.6 Å². The second kappa shape index (κ2) is 5.02. The van der Waals surface area contributed by atoms with Gasteiger partial charge in [-0.1, -0.05) is 0 Å². The van der Waals surface area contributed by atoms with Crippen molar-refractivity contribution >= 4 is 28.2 Å². The van der Waals surface area contributed by atoms with Gasteiger partial charge in [-0.25, -0.2) is 9.78 Å². The molecule has 10 heteroatoms. The van der Waals surface area contributed by atoms with Crippen LogP contribution in [0.2, 0.25) is 0 Å². The Hall–Kier alpha value is -2.10. The summed E-state index contributed by atoms with van der Waals surface area (Å²) in [5.74, 6) is -3.24. The van der Waals surface area contributed by atoms with Crippen LogP contribution in [0.3, 0.4) is 0 Å². The maximum Gasteiger partial charge on any atom is 0.422 e. The number of hydrogen-bond acceptors (Lipinski definition) is 4. The summed E-state index contributed by atoms with van der Waals surface area (Å²) in [5, 5.41) is 12.0. The molecule has 1 amide bonds. The summed E-state index contributed by atoms with van der Waals surface area (Å²) < 4.78 is 39.9. The molecule has 1 atom stereocenters. The maximum absolute atomic E-state index is 12.8. The number of carboxylic acid groups (broad SMARTS) is 1. The lowest BCUT2D eigenvalue weighted by Gasteiger charge is -2.28.